The van der Waals surface area contributed by atoms with Crippen molar-refractivity contribution in [3.8, 4) is 0 Å². The highest BCUT2D eigenvalue weighted by molar-refractivity contribution is 5.95. The zero-order valence-corrected chi connectivity index (χ0v) is 15.1. The molecule has 0 radical (unpaired) electrons. The van der Waals surface area contributed by atoms with Gasteiger partial charge in [0.1, 0.15) is 5.69 Å². The molecule has 2 N–H and O–H groups in total. The first kappa shape index (κ1) is 19.3. The van der Waals surface area contributed by atoms with Crippen LogP contribution in [0, 0.1) is 10.1 Å². The van der Waals surface area contributed by atoms with Crippen LogP contribution in [0.3, 0.4) is 0 Å². The Morgan fingerprint density at radius 2 is 2.12 bits per heavy atom. The minimum atomic E-state index is -0.488. The second-order valence-electron chi connectivity index (χ2n) is 5.94. The third-order valence-electron chi connectivity index (χ3n) is 3.99. The van der Waals surface area contributed by atoms with Gasteiger partial charge < -0.3 is 15.5 Å². The molecule has 0 spiro atoms. The molecule has 0 fully saturated rings. The molecule has 1 unspecified atom stereocenters. The molecule has 1 amide bonds. The van der Waals surface area contributed by atoms with E-state index in [0.29, 0.717) is 18.8 Å². The molecule has 26 heavy (non-hydrogen) atoms. The normalized spacial score (nSPS) is 11.7. The molecule has 138 valence electrons. The van der Waals surface area contributed by atoms with Crippen molar-refractivity contribution in [3.05, 3.63) is 64.0 Å². The summed E-state index contributed by atoms with van der Waals surface area (Å²) in [5.74, 6) is -0.257. The van der Waals surface area contributed by atoms with Crippen LogP contribution in [0.25, 0.3) is 0 Å². The summed E-state index contributed by atoms with van der Waals surface area (Å²) in [4.78, 5) is 29.2. The first-order valence-corrected chi connectivity index (χ1v) is 8.30. The Morgan fingerprint density at radius 3 is 2.73 bits per heavy atom. The van der Waals surface area contributed by atoms with Gasteiger partial charge in [-0.05, 0) is 38.2 Å². The second-order valence-corrected chi connectivity index (χ2v) is 5.94. The molecule has 0 saturated heterocycles. The average Bonchev–Trinajstić information content (AvgIpc) is 2.66. The Kier molecular flexibility index (Phi) is 6.62. The van der Waals surface area contributed by atoms with E-state index >= 15 is 0 Å². The number of nitrogens with one attached hydrogen (secondary N) is 2. The van der Waals surface area contributed by atoms with Gasteiger partial charge in [0.2, 0.25) is 0 Å². The van der Waals surface area contributed by atoms with E-state index in [9.17, 15) is 14.9 Å². The van der Waals surface area contributed by atoms with Crippen molar-refractivity contribution in [1.82, 2.24) is 15.2 Å². The summed E-state index contributed by atoms with van der Waals surface area (Å²) in [7, 11) is 3.47. The number of aromatic nitrogens is 1. The number of nitro benzene ring substituents is 1. The summed E-state index contributed by atoms with van der Waals surface area (Å²) in [5, 5.41) is 17.5. The molecule has 0 aliphatic heterocycles. The highest BCUT2D eigenvalue weighted by Gasteiger charge is 2.21. The predicted octanol–water partition coefficient (Wildman–Crippen LogP) is 2.45. The van der Waals surface area contributed by atoms with Crippen molar-refractivity contribution in [2.75, 3.05) is 32.5 Å². The minimum absolute atomic E-state index is 0.138. The van der Waals surface area contributed by atoms with Crippen LogP contribution in [0.2, 0.25) is 0 Å². The number of rotatable bonds is 8. The minimum Gasteiger partial charge on any atom is -0.371 e. The summed E-state index contributed by atoms with van der Waals surface area (Å²) < 4.78 is 0. The fraction of sp³-hybridized carbons (Fsp3) is 0.333. The summed E-state index contributed by atoms with van der Waals surface area (Å²) in [6.45, 7) is 3.03. The third kappa shape index (κ3) is 4.76. The number of pyridine rings is 1. The highest BCUT2D eigenvalue weighted by atomic mass is 16.6. The van der Waals surface area contributed by atoms with E-state index in [1.54, 1.807) is 32.4 Å². The Hall–Kier alpha value is -3.00. The van der Waals surface area contributed by atoms with Crippen LogP contribution in [0.4, 0.5) is 11.4 Å². The zero-order chi connectivity index (χ0) is 19.1. The number of hydrogen-bond donors (Lipinski definition) is 2. The lowest BCUT2D eigenvalue weighted by Crippen LogP contribution is -2.32. The average molecular weight is 357 g/mol. The topological polar surface area (TPSA) is 100 Å². The van der Waals surface area contributed by atoms with Gasteiger partial charge >= 0.3 is 0 Å². The van der Waals surface area contributed by atoms with Gasteiger partial charge in [-0.2, -0.15) is 0 Å². The number of anilines is 1. The molecule has 1 atom stereocenters. The number of carbonyl (C=O) groups excluding carboxylic acids is 1. The van der Waals surface area contributed by atoms with Crippen LogP contribution >= 0.6 is 0 Å². The molecule has 8 heteroatoms. The number of nitro groups is 1. The molecule has 2 rings (SSSR count). The summed E-state index contributed by atoms with van der Waals surface area (Å²) in [6, 6.07) is 9.77. The molecule has 0 aliphatic carbocycles. The SMILES string of the molecule is CNCCN(C)C(=O)c1ccc(NC(C)c2ccccn2)c([N+](=O)[O-])c1. The quantitative estimate of drug-likeness (QED) is 0.556. The van der Waals surface area contributed by atoms with Gasteiger partial charge in [0.05, 0.1) is 16.7 Å². The Morgan fingerprint density at radius 1 is 1.35 bits per heavy atom. The second kappa shape index (κ2) is 8.91. The molecular weight excluding hydrogens is 334 g/mol. The number of benzene rings is 1. The van der Waals surface area contributed by atoms with E-state index in [4.69, 9.17) is 0 Å². The fourth-order valence-electron chi connectivity index (χ4n) is 2.48. The number of likely N-dealkylation sites (N-methyl/N-ethyl adjacent to an activating group) is 2. The number of carbonyl (C=O) groups is 1. The predicted molar refractivity (Wildman–Crippen MR) is 100 cm³/mol. The maximum Gasteiger partial charge on any atom is 0.293 e. The van der Waals surface area contributed by atoms with E-state index in [2.05, 4.69) is 15.6 Å². The summed E-state index contributed by atoms with van der Waals surface area (Å²) in [5.41, 5.74) is 1.27. The lowest BCUT2D eigenvalue weighted by Gasteiger charge is -2.18. The largest absolute Gasteiger partial charge is 0.371 e. The lowest BCUT2D eigenvalue weighted by molar-refractivity contribution is -0.384. The molecule has 2 aromatic rings. The van der Waals surface area contributed by atoms with E-state index in [1.165, 1.54) is 11.0 Å². The van der Waals surface area contributed by atoms with E-state index < -0.39 is 4.92 Å². The standard InChI is InChI=1S/C18H23N5O3/c1-13(15-6-4-5-9-20-15)21-16-8-7-14(12-17(16)23(25)26)18(24)22(3)11-10-19-2/h4-9,12-13,19,21H,10-11H2,1-3H3. The highest BCUT2D eigenvalue weighted by Crippen LogP contribution is 2.29. The van der Waals surface area contributed by atoms with Crippen molar-refractivity contribution in [1.29, 1.82) is 0 Å². The van der Waals surface area contributed by atoms with E-state index in [0.717, 1.165) is 5.69 Å². The lowest BCUT2D eigenvalue weighted by atomic mass is 10.1. The van der Waals surface area contributed by atoms with Gasteiger partial charge in [0, 0.05) is 38.0 Å². The molecule has 0 aliphatic rings. The van der Waals surface area contributed by atoms with E-state index in [1.807, 2.05) is 25.1 Å². The Bertz CT molecular complexity index is 767. The van der Waals surface area contributed by atoms with E-state index in [-0.39, 0.29) is 23.2 Å². The van der Waals surface area contributed by atoms with Crippen molar-refractivity contribution >= 4 is 17.3 Å². The van der Waals surface area contributed by atoms with Crippen LogP contribution in [0.15, 0.2) is 42.6 Å². The number of hydrogen-bond acceptors (Lipinski definition) is 6. The first-order chi connectivity index (χ1) is 12.4. The van der Waals surface area contributed by atoms with Crippen molar-refractivity contribution in [2.24, 2.45) is 0 Å². The molecule has 1 aromatic heterocycles. The third-order valence-corrected chi connectivity index (χ3v) is 3.99. The molecule has 0 saturated carbocycles. The first-order valence-electron chi connectivity index (χ1n) is 8.30. The van der Waals surface area contributed by atoms with Crippen LogP contribution < -0.4 is 10.6 Å². The van der Waals surface area contributed by atoms with Crippen molar-refractivity contribution < 1.29 is 9.72 Å². The van der Waals surface area contributed by atoms with Gasteiger partial charge in [-0.3, -0.25) is 19.9 Å². The maximum absolute atomic E-state index is 12.4. The molecule has 0 bridgehead atoms. The molecular formula is C18H23N5O3. The molecule has 8 nitrogen and oxygen atoms in total. The summed E-state index contributed by atoms with van der Waals surface area (Å²) in [6.07, 6.45) is 1.67. The maximum atomic E-state index is 12.4. The zero-order valence-electron chi connectivity index (χ0n) is 15.1. The number of nitrogens with zero attached hydrogens (tertiary/aromatic N) is 3. The van der Waals surface area contributed by atoms with Crippen LogP contribution in [0.5, 0.6) is 0 Å². The smallest absolute Gasteiger partial charge is 0.293 e. The molecule has 1 heterocycles. The van der Waals surface area contributed by atoms with Crippen molar-refractivity contribution in [2.45, 2.75) is 13.0 Å². The van der Waals surface area contributed by atoms with Gasteiger partial charge in [0.15, 0.2) is 0 Å². The summed E-state index contributed by atoms with van der Waals surface area (Å²) >= 11 is 0. The van der Waals surface area contributed by atoms with Crippen LogP contribution in [-0.2, 0) is 0 Å². The van der Waals surface area contributed by atoms with Gasteiger partial charge in [-0.25, -0.2) is 0 Å². The number of amides is 1. The van der Waals surface area contributed by atoms with Crippen LogP contribution in [0.1, 0.15) is 29.0 Å². The van der Waals surface area contributed by atoms with Crippen molar-refractivity contribution in [3.63, 3.8) is 0 Å². The van der Waals surface area contributed by atoms with Gasteiger partial charge in [-0.15, -0.1) is 0 Å². The fourth-order valence-corrected chi connectivity index (χ4v) is 2.48. The van der Waals surface area contributed by atoms with Gasteiger partial charge in [-0.1, -0.05) is 6.07 Å². The Balaban J connectivity index is 2.23. The molecule has 1 aromatic carbocycles. The Labute approximate surface area is 152 Å². The van der Waals surface area contributed by atoms with Crippen LogP contribution in [-0.4, -0.2) is 47.9 Å². The monoisotopic (exact) mass is 357 g/mol. The van der Waals surface area contributed by atoms with Gasteiger partial charge in [0.25, 0.3) is 11.6 Å².